The second-order valence-corrected chi connectivity index (χ2v) is 3.91. The normalized spacial score (nSPS) is 10.4. The van der Waals surface area contributed by atoms with Gasteiger partial charge in [-0.1, -0.05) is 24.3 Å². The summed E-state index contributed by atoms with van der Waals surface area (Å²) in [5, 5.41) is 9.91. The lowest BCUT2D eigenvalue weighted by atomic mass is 10.0. The predicted octanol–water partition coefficient (Wildman–Crippen LogP) is 3.65. The standard InChI is InChI=1S/C14H12F2O2/c1-8-6-7-9(13(16)12(8)15)10-4-3-5-11(18-2)14(10)17/h3-7,17H,1-2H3. The fourth-order valence-corrected chi connectivity index (χ4v) is 1.76. The Labute approximate surface area is 103 Å². The molecule has 0 aromatic heterocycles. The van der Waals surface area contributed by atoms with Crippen LogP contribution in [0.1, 0.15) is 5.56 Å². The van der Waals surface area contributed by atoms with Crippen LogP contribution in [0.25, 0.3) is 11.1 Å². The van der Waals surface area contributed by atoms with Crippen molar-refractivity contribution in [2.24, 2.45) is 0 Å². The van der Waals surface area contributed by atoms with Crippen LogP contribution in [0, 0.1) is 18.6 Å². The van der Waals surface area contributed by atoms with Crippen LogP contribution >= 0.6 is 0 Å². The minimum absolute atomic E-state index is 0.00880. The summed E-state index contributed by atoms with van der Waals surface area (Å²) in [5.41, 5.74) is 0.430. The lowest BCUT2D eigenvalue weighted by molar-refractivity contribution is 0.374. The first-order valence-electron chi connectivity index (χ1n) is 5.37. The Morgan fingerprint density at radius 3 is 2.39 bits per heavy atom. The largest absolute Gasteiger partial charge is 0.504 e. The highest BCUT2D eigenvalue weighted by atomic mass is 19.2. The van der Waals surface area contributed by atoms with Gasteiger partial charge >= 0.3 is 0 Å². The second-order valence-electron chi connectivity index (χ2n) is 3.91. The summed E-state index contributed by atoms with van der Waals surface area (Å²) in [5.74, 6) is -1.87. The molecular formula is C14H12F2O2. The van der Waals surface area contributed by atoms with Crippen molar-refractivity contribution in [3.05, 3.63) is 47.5 Å². The third-order valence-electron chi connectivity index (χ3n) is 2.78. The van der Waals surface area contributed by atoms with E-state index in [0.717, 1.165) is 0 Å². The zero-order chi connectivity index (χ0) is 13.3. The van der Waals surface area contributed by atoms with Crippen molar-refractivity contribution >= 4 is 0 Å². The Balaban J connectivity index is 2.66. The van der Waals surface area contributed by atoms with Crippen molar-refractivity contribution in [3.8, 4) is 22.6 Å². The van der Waals surface area contributed by atoms with Gasteiger partial charge in [-0.25, -0.2) is 8.78 Å². The summed E-state index contributed by atoms with van der Waals surface area (Å²) in [6.45, 7) is 1.48. The van der Waals surface area contributed by atoms with Gasteiger partial charge in [0, 0.05) is 11.1 Å². The third kappa shape index (κ3) is 1.90. The van der Waals surface area contributed by atoms with E-state index in [4.69, 9.17) is 4.74 Å². The summed E-state index contributed by atoms with van der Waals surface area (Å²) in [6.07, 6.45) is 0. The van der Waals surface area contributed by atoms with Gasteiger partial charge < -0.3 is 9.84 Å². The van der Waals surface area contributed by atoms with Crippen molar-refractivity contribution in [2.75, 3.05) is 7.11 Å². The molecule has 0 bridgehead atoms. The van der Waals surface area contributed by atoms with Crippen molar-refractivity contribution in [1.29, 1.82) is 0 Å². The molecule has 0 aliphatic carbocycles. The van der Waals surface area contributed by atoms with Gasteiger partial charge in [0.25, 0.3) is 0 Å². The topological polar surface area (TPSA) is 29.5 Å². The first-order valence-corrected chi connectivity index (χ1v) is 5.37. The van der Waals surface area contributed by atoms with Gasteiger partial charge in [0.1, 0.15) is 0 Å². The van der Waals surface area contributed by atoms with Gasteiger partial charge in [0.05, 0.1) is 7.11 Å². The number of benzene rings is 2. The molecule has 0 aliphatic rings. The van der Waals surface area contributed by atoms with Crippen LogP contribution in [0.4, 0.5) is 8.78 Å². The molecule has 2 aromatic carbocycles. The molecule has 0 unspecified atom stereocenters. The molecule has 2 aromatic rings. The number of aromatic hydroxyl groups is 1. The van der Waals surface area contributed by atoms with Gasteiger partial charge in [-0.2, -0.15) is 0 Å². The number of hydrogen-bond acceptors (Lipinski definition) is 2. The number of para-hydroxylation sites is 1. The Bertz CT molecular complexity index is 595. The van der Waals surface area contributed by atoms with E-state index in [9.17, 15) is 13.9 Å². The van der Waals surface area contributed by atoms with Crippen LogP contribution in [0.15, 0.2) is 30.3 Å². The molecule has 0 atom stereocenters. The Kier molecular flexibility index (Phi) is 3.19. The number of halogens is 2. The smallest absolute Gasteiger partial charge is 0.167 e. The molecule has 0 heterocycles. The molecule has 0 saturated carbocycles. The fourth-order valence-electron chi connectivity index (χ4n) is 1.76. The maximum atomic E-state index is 13.8. The van der Waals surface area contributed by atoms with Crippen LogP contribution < -0.4 is 4.74 Å². The minimum atomic E-state index is -0.974. The number of hydrogen-bond donors (Lipinski definition) is 1. The zero-order valence-corrected chi connectivity index (χ0v) is 10.00. The van der Waals surface area contributed by atoms with Crippen LogP contribution in [0.3, 0.4) is 0 Å². The number of ether oxygens (including phenoxy) is 1. The molecule has 0 spiro atoms. The Morgan fingerprint density at radius 2 is 1.72 bits per heavy atom. The lowest BCUT2D eigenvalue weighted by Crippen LogP contribution is -1.94. The van der Waals surface area contributed by atoms with E-state index in [1.54, 1.807) is 12.1 Å². The van der Waals surface area contributed by atoms with Crippen LogP contribution in [-0.4, -0.2) is 12.2 Å². The quantitative estimate of drug-likeness (QED) is 0.881. The van der Waals surface area contributed by atoms with Crippen molar-refractivity contribution in [3.63, 3.8) is 0 Å². The van der Waals surface area contributed by atoms with Crippen LogP contribution in [0.2, 0.25) is 0 Å². The average Bonchev–Trinajstić information content (AvgIpc) is 2.37. The molecule has 4 heteroatoms. The maximum absolute atomic E-state index is 13.8. The monoisotopic (exact) mass is 250 g/mol. The van der Waals surface area contributed by atoms with Crippen molar-refractivity contribution < 1.29 is 18.6 Å². The Morgan fingerprint density at radius 1 is 1.00 bits per heavy atom. The van der Waals surface area contributed by atoms with E-state index >= 15 is 0 Å². The highest BCUT2D eigenvalue weighted by molar-refractivity contribution is 5.74. The molecular weight excluding hydrogens is 238 g/mol. The number of phenolic OH excluding ortho intramolecular Hbond substituents is 1. The minimum Gasteiger partial charge on any atom is -0.504 e. The van der Waals surface area contributed by atoms with E-state index in [0.29, 0.717) is 0 Å². The van der Waals surface area contributed by atoms with Gasteiger partial charge in [0.15, 0.2) is 23.1 Å². The van der Waals surface area contributed by atoms with Crippen molar-refractivity contribution in [1.82, 2.24) is 0 Å². The first kappa shape index (κ1) is 12.4. The summed E-state index contributed by atoms with van der Waals surface area (Å²) < 4.78 is 32.3. The number of phenols is 1. The molecule has 18 heavy (non-hydrogen) atoms. The number of aryl methyl sites for hydroxylation is 1. The number of rotatable bonds is 2. The highest BCUT2D eigenvalue weighted by Crippen LogP contribution is 2.38. The van der Waals surface area contributed by atoms with Crippen LogP contribution in [-0.2, 0) is 0 Å². The molecule has 0 fully saturated rings. The molecule has 2 nitrogen and oxygen atoms in total. The van der Waals surface area contributed by atoms with E-state index < -0.39 is 11.6 Å². The van der Waals surface area contributed by atoms with Crippen LogP contribution in [0.5, 0.6) is 11.5 Å². The fraction of sp³-hybridized carbons (Fsp3) is 0.143. The summed E-state index contributed by atoms with van der Waals surface area (Å²) >= 11 is 0. The molecule has 1 N–H and O–H groups in total. The SMILES string of the molecule is COc1cccc(-c2ccc(C)c(F)c2F)c1O. The van der Waals surface area contributed by atoms with Gasteiger partial charge in [-0.05, 0) is 18.6 Å². The molecule has 2 rings (SSSR count). The number of methoxy groups -OCH3 is 1. The van der Waals surface area contributed by atoms with Crippen molar-refractivity contribution in [2.45, 2.75) is 6.92 Å². The summed E-state index contributed by atoms with van der Waals surface area (Å²) in [4.78, 5) is 0. The zero-order valence-electron chi connectivity index (χ0n) is 10.00. The maximum Gasteiger partial charge on any atom is 0.167 e. The van der Waals surface area contributed by atoms with Gasteiger partial charge in [-0.3, -0.25) is 0 Å². The summed E-state index contributed by atoms with van der Waals surface area (Å²) in [7, 11) is 1.39. The van der Waals surface area contributed by atoms with E-state index in [1.807, 2.05) is 0 Å². The molecule has 0 aliphatic heterocycles. The molecule has 94 valence electrons. The predicted molar refractivity (Wildman–Crippen MR) is 64.7 cm³/mol. The lowest BCUT2D eigenvalue weighted by Gasteiger charge is -2.10. The van der Waals surface area contributed by atoms with Gasteiger partial charge in [-0.15, -0.1) is 0 Å². The first-order chi connectivity index (χ1) is 8.56. The van der Waals surface area contributed by atoms with E-state index in [2.05, 4.69) is 0 Å². The van der Waals surface area contributed by atoms with E-state index in [1.165, 1.54) is 32.2 Å². The van der Waals surface area contributed by atoms with E-state index in [-0.39, 0.29) is 28.2 Å². The van der Waals surface area contributed by atoms with Gasteiger partial charge in [0.2, 0.25) is 0 Å². The molecule has 0 saturated heterocycles. The third-order valence-corrected chi connectivity index (χ3v) is 2.78. The summed E-state index contributed by atoms with van der Waals surface area (Å²) in [6, 6.07) is 7.55. The molecule has 0 amide bonds. The average molecular weight is 250 g/mol. The Hall–Kier alpha value is -2.10. The molecule has 0 radical (unpaired) electrons. The second kappa shape index (κ2) is 4.64. The highest BCUT2D eigenvalue weighted by Gasteiger charge is 2.16.